The van der Waals surface area contributed by atoms with Crippen LogP contribution in [0.2, 0.25) is 0 Å². The summed E-state index contributed by atoms with van der Waals surface area (Å²) in [4.78, 5) is 13.4. The number of hydrogen-bond donors (Lipinski definition) is 2. The van der Waals surface area contributed by atoms with Gasteiger partial charge in [0.25, 0.3) is 5.91 Å². The van der Waals surface area contributed by atoms with Crippen LogP contribution in [-0.2, 0) is 0 Å². The number of hydrogen-bond acceptors (Lipinski definition) is 6. The highest BCUT2D eigenvalue weighted by Gasteiger charge is 2.27. The molecule has 4 rings (SSSR count). The van der Waals surface area contributed by atoms with Gasteiger partial charge in [-0.1, -0.05) is 12.1 Å². The van der Waals surface area contributed by atoms with Crippen LogP contribution in [0, 0.1) is 6.92 Å². The lowest BCUT2D eigenvalue weighted by Gasteiger charge is -2.25. The van der Waals surface area contributed by atoms with Crippen molar-refractivity contribution in [1.82, 2.24) is 15.1 Å². The first-order valence-electron chi connectivity index (χ1n) is 11.0. The van der Waals surface area contributed by atoms with Gasteiger partial charge in [0, 0.05) is 23.7 Å². The first-order chi connectivity index (χ1) is 16.0. The topological polar surface area (TPSA) is 86.6 Å². The molecule has 0 saturated carbocycles. The van der Waals surface area contributed by atoms with E-state index in [4.69, 9.17) is 14.2 Å². The average molecular weight is 451 g/mol. The van der Waals surface area contributed by atoms with Crippen molar-refractivity contribution in [3.05, 3.63) is 59.4 Å². The summed E-state index contributed by atoms with van der Waals surface area (Å²) >= 11 is 0. The Morgan fingerprint density at radius 2 is 1.76 bits per heavy atom. The molecule has 174 valence electrons. The lowest BCUT2D eigenvalue weighted by Crippen LogP contribution is -2.29. The number of methoxy groups -OCH3 is 3. The Balaban J connectivity index is 1.72. The van der Waals surface area contributed by atoms with Crippen LogP contribution in [0.15, 0.2) is 42.6 Å². The number of aromatic nitrogens is 2. The van der Waals surface area contributed by atoms with Gasteiger partial charge in [0.1, 0.15) is 0 Å². The monoisotopic (exact) mass is 450 g/mol. The summed E-state index contributed by atoms with van der Waals surface area (Å²) in [7, 11) is 4.64. The Morgan fingerprint density at radius 3 is 2.36 bits per heavy atom. The van der Waals surface area contributed by atoms with E-state index in [1.807, 2.05) is 16.8 Å². The number of benzene rings is 2. The van der Waals surface area contributed by atoms with Gasteiger partial charge in [-0.05, 0) is 50.6 Å². The summed E-state index contributed by atoms with van der Waals surface area (Å²) in [6.45, 7) is 3.88. The van der Waals surface area contributed by atoms with Crippen molar-refractivity contribution in [3.63, 3.8) is 0 Å². The number of aryl methyl sites for hydroxylation is 1. The summed E-state index contributed by atoms with van der Waals surface area (Å²) in [5.41, 5.74) is 4.15. The molecule has 1 fully saturated rings. The molecule has 0 unspecified atom stereocenters. The molecule has 8 nitrogen and oxygen atoms in total. The van der Waals surface area contributed by atoms with Crippen molar-refractivity contribution >= 4 is 11.6 Å². The number of ether oxygens (including phenoxy) is 3. The lowest BCUT2D eigenvalue weighted by atomic mass is 9.91. The van der Waals surface area contributed by atoms with Gasteiger partial charge in [-0.25, -0.2) is 4.68 Å². The minimum absolute atomic E-state index is 0.225. The quantitative estimate of drug-likeness (QED) is 0.567. The molecule has 3 aromatic rings. The molecule has 0 bridgehead atoms. The highest BCUT2D eigenvalue weighted by Crippen LogP contribution is 2.40. The molecular weight excluding hydrogens is 420 g/mol. The second-order valence-electron chi connectivity index (χ2n) is 8.09. The van der Waals surface area contributed by atoms with Gasteiger partial charge in [0.2, 0.25) is 5.75 Å². The van der Waals surface area contributed by atoms with Crippen LogP contribution in [0.1, 0.15) is 40.4 Å². The van der Waals surface area contributed by atoms with Crippen LogP contribution in [0.25, 0.3) is 5.69 Å². The zero-order chi connectivity index (χ0) is 23.4. The van der Waals surface area contributed by atoms with E-state index in [2.05, 4.69) is 34.8 Å². The molecule has 0 radical (unpaired) electrons. The van der Waals surface area contributed by atoms with Crippen molar-refractivity contribution in [3.8, 4) is 22.9 Å². The summed E-state index contributed by atoms with van der Waals surface area (Å²) in [6.07, 6.45) is 3.55. The number of carbonyl (C=O) groups is 1. The number of nitrogens with zero attached hydrogens (tertiary/aromatic N) is 2. The summed E-state index contributed by atoms with van der Waals surface area (Å²) in [5.74, 6) is 1.43. The van der Waals surface area contributed by atoms with Gasteiger partial charge >= 0.3 is 0 Å². The van der Waals surface area contributed by atoms with E-state index in [1.165, 1.54) is 0 Å². The second kappa shape index (κ2) is 9.95. The molecule has 2 aromatic carbocycles. The fraction of sp³-hybridized carbons (Fsp3) is 0.360. The summed E-state index contributed by atoms with van der Waals surface area (Å²) in [5, 5.41) is 11.0. The molecule has 1 saturated heterocycles. The van der Waals surface area contributed by atoms with Crippen LogP contribution in [-0.4, -0.2) is 50.1 Å². The third kappa shape index (κ3) is 4.66. The van der Waals surface area contributed by atoms with E-state index in [9.17, 15) is 4.79 Å². The standard InChI is InChI=1S/C25H30N4O4/c1-16-6-5-7-19(12-16)29-23(17-8-10-26-11-9-17)20(15-27-29)25(30)28-18-13-21(31-2)24(33-4)22(14-18)32-3/h5-7,12-15,17,26H,8-11H2,1-4H3,(H,28,30). The number of nitrogens with one attached hydrogen (secondary N) is 2. The maximum absolute atomic E-state index is 13.4. The van der Waals surface area contributed by atoms with E-state index in [0.717, 1.165) is 42.9 Å². The fourth-order valence-corrected chi connectivity index (χ4v) is 4.34. The maximum atomic E-state index is 13.4. The van der Waals surface area contributed by atoms with Gasteiger partial charge < -0.3 is 24.8 Å². The Kier molecular flexibility index (Phi) is 6.84. The molecule has 2 N–H and O–H groups in total. The first kappa shape index (κ1) is 22.7. The number of anilines is 1. The lowest BCUT2D eigenvalue weighted by molar-refractivity contribution is 0.102. The molecule has 0 atom stereocenters. The van der Waals surface area contributed by atoms with E-state index in [1.54, 1.807) is 39.7 Å². The van der Waals surface area contributed by atoms with Crippen LogP contribution in [0.3, 0.4) is 0 Å². The predicted octanol–water partition coefficient (Wildman–Crippen LogP) is 3.93. The van der Waals surface area contributed by atoms with E-state index in [-0.39, 0.29) is 11.8 Å². The highest BCUT2D eigenvalue weighted by molar-refractivity contribution is 6.05. The van der Waals surface area contributed by atoms with Crippen molar-refractivity contribution in [2.75, 3.05) is 39.7 Å². The van der Waals surface area contributed by atoms with Crippen LogP contribution >= 0.6 is 0 Å². The van der Waals surface area contributed by atoms with Gasteiger partial charge in [0.15, 0.2) is 11.5 Å². The molecule has 1 amide bonds. The minimum atomic E-state index is -0.225. The van der Waals surface area contributed by atoms with Crippen molar-refractivity contribution in [1.29, 1.82) is 0 Å². The molecule has 1 aromatic heterocycles. The second-order valence-corrected chi connectivity index (χ2v) is 8.09. The van der Waals surface area contributed by atoms with Gasteiger partial charge in [-0.3, -0.25) is 4.79 Å². The molecule has 2 heterocycles. The highest BCUT2D eigenvalue weighted by atomic mass is 16.5. The van der Waals surface area contributed by atoms with Crippen molar-refractivity contribution in [2.24, 2.45) is 0 Å². The predicted molar refractivity (Wildman–Crippen MR) is 127 cm³/mol. The fourth-order valence-electron chi connectivity index (χ4n) is 4.34. The van der Waals surface area contributed by atoms with E-state index < -0.39 is 0 Å². The molecule has 0 spiro atoms. The van der Waals surface area contributed by atoms with Crippen LogP contribution in [0.4, 0.5) is 5.69 Å². The minimum Gasteiger partial charge on any atom is -0.493 e. The number of carbonyl (C=O) groups excluding carboxylic acids is 1. The van der Waals surface area contributed by atoms with Crippen LogP contribution in [0.5, 0.6) is 17.2 Å². The molecule has 1 aliphatic rings. The largest absolute Gasteiger partial charge is 0.493 e. The number of rotatable bonds is 7. The molecule has 33 heavy (non-hydrogen) atoms. The Morgan fingerprint density at radius 1 is 1.06 bits per heavy atom. The molecule has 0 aliphatic carbocycles. The zero-order valence-corrected chi connectivity index (χ0v) is 19.5. The number of piperidine rings is 1. The summed E-state index contributed by atoms with van der Waals surface area (Å²) < 4.78 is 18.1. The number of amides is 1. The van der Waals surface area contributed by atoms with Gasteiger partial charge in [-0.2, -0.15) is 5.10 Å². The normalized spacial score (nSPS) is 14.1. The zero-order valence-electron chi connectivity index (χ0n) is 19.5. The van der Waals surface area contributed by atoms with E-state index in [0.29, 0.717) is 28.5 Å². The van der Waals surface area contributed by atoms with Crippen molar-refractivity contribution in [2.45, 2.75) is 25.7 Å². The Hall–Kier alpha value is -3.52. The van der Waals surface area contributed by atoms with Crippen LogP contribution < -0.4 is 24.8 Å². The van der Waals surface area contributed by atoms with Crippen molar-refractivity contribution < 1.29 is 19.0 Å². The molecular formula is C25H30N4O4. The third-order valence-electron chi connectivity index (χ3n) is 5.95. The Bertz CT molecular complexity index is 1110. The smallest absolute Gasteiger partial charge is 0.259 e. The maximum Gasteiger partial charge on any atom is 0.259 e. The van der Waals surface area contributed by atoms with Gasteiger partial charge in [0.05, 0.1) is 44.5 Å². The first-order valence-corrected chi connectivity index (χ1v) is 11.0. The van der Waals surface area contributed by atoms with Gasteiger partial charge in [-0.15, -0.1) is 0 Å². The third-order valence-corrected chi connectivity index (χ3v) is 5.95. The Labute approximate surface area is 193 Å². The molecule has 1 aliphatic heterocycles. The SMILES string of the molecule is COc1cc(NC(=O)c2cnn(-c3cccc(C)c3)c2C2CCNCC2)cc(OC)c1OC. The summed E-state index contributed by atoms with van der Waals surface area (Å²) in [6, 6.07) is 11.6. The van der Waals surface area contributed by atoms with E-state index >= 15 is 0 Å². The molecule has 8 heteroatoms. The average Bonchev–Trinajstić information content (AvgIpc) is 3.29.